The zero-order valence-electron chi connectivity index (χ0n) is 9.91. The number of hydrogen-bond acceptors (Lipinski definition) is 4. The highest BCUT2D eigenvalue weighted by molar-refractivity contribution is 5.86. The van der Waals surface area contributed by atoms with Crippen LogP contribution in [-0.4, -0.2) is 48.6 Å². The van der Waals surface area contributed by atoms with E-state index in [0.29, 0.717) is 19.6 Å². The SMILES string of the molecule is CC(C)(C)OC(=O)N1CCNCC(=O)C1.Cl. The molecule has 0 atom stereocenters. The van der Waals surface area contributed by atoms with Gasteiger partial charge in [0.25, 0.3) is 0 Å². The Bertz CT molecular complexity index is 263. The lowest BCUT2D eigenvalue weighted by atomic mass is 10.2. The highest BCUT2D eigenvalue weighted by Gasteiger charge is 2.24. The van der Waals surface area contributed by atoms with E-state index in [2.05, 4.69) is 5.32 Å². The van der Waals surface area contributed by atoms with Gasteiger partial charge in [0, 0.05) is 13.1 Å². The fraction of sp³-hybridized carbons (Fsp3) is 0.800. The van der Waals surface area contributed by atoms with E-state index in [-0.39, 0.29) is 24.7 Å². The maximum atomic E-state index is 11.6. The molecule has 94 valence electrons. The maximum Gasteiger partial charge on any atom is 0.410 e. The molecule has 1 N–H and O–H groups in total. The van der Waals surface area contributed by atoms with E-state index in [4.69, 9.17) is 4.74 Å². The van der Waals surface area contributed by atoms with Gasteiger partial charge in [-0.1, -0.05) is 0 Å². The summed E-state index contributed by atoms with van der Waals surface area (Å²) in [5.74, 6) is 0.0124. The molecule has 1 heterocycles. The van der Waals surface area contributed by atoms with Gasteiger partial charge in [-0.15, -0.1) is 12.4 Å². The molecule has 6 heteroatoms. The topological polar surface area (TPSA) is 58.6 Å². The van der Waals surface area contributed by atoms with Crippen LogP contribution in [0.5, 0.6) is 0 Å². The number of nitrogens with one attached hydrogen (secondary N) is 1. The Hall–Kier alpha value is -0.810. The van der Waals surface area contributed by atoms with Crippen LogP contribution in [0.2, 0.25) is 0 Å². The molecule has 1 rings (SSSR count). The van der Waals surface area contributed by atoms with Crippen molar-refractivity contribution < 1.29 is 14.3 Å². The first-order valence-electron chi connectivity index (χ1n) is 5.09. The molecule has 0 aromatic rings. The fourth-order valence-electron chi connectivity index (χ4n) is 1.27. The van der Waals surface area contributed by atoms with Crippen LogP contribution in [0.15, 0.2) is 0 Å². The summed E-state index contributed by atoms with van der Waals surface area (Å²) in [6.07, 6.45) is -0.417. The third-order valence-corrected chi connectivity index (χ3v) is 1.90. The molecule has 0 aromatic carbocycles. The predicted molar refractivity (Wildman–Crippen MR) is 62.9 cm³/mol. The Morgan fingerprint density at radius 2 is 2.06 bits per heavy atom. The summed E-state index contributed by atoms with van der Waals surface area (Å²) in [5.41, 5.74) is -0.514. The minimum atomic E-state index is -0.514. The monoisotopic (exact) mass is 250 g/mol. The summed E-state index contributed by atoms with van der Waals surface area (Å²) in [4.78, 5) is 24.3. The van der Waals surface area contributed by atoms with E-state index >= 15 is 0 Å². The van der Waals surface area contributed by atoms with E-state index in [1.54, 1.807) is 0 Å². The van der Waals surface area contributed by atoms with Gasteiger partial charge in [0.2, 0.25) is 0 Å². The summed E-state index contributed by atoms with van der Waals surface area (Å²) < 4.78 is 5.19. The molecule has 0 bridgehead atoms. The first-order valence-corrected chi connectivity index (χ1v) is 5.09. The van der Waals surface area contributed by atoms with Crippen molar-refractivity contribution in [1.82, 2.24) is 10.2 Å². The Balaban J connectivity index is 0.00000225. The summed E-state index contributed by atoms with van der Waals surface area (Å²) in [6, 6.07) is 0. The van der Waals surface area contributed by atoms with Crippen molar-refractivity contribution in [3.63, 3.8) is 0 Å². The smallest absolute Gasteiger partial charge is 0.410 e. The number of ether oxygens (including phenoxy) is 1. The molecule has 0 spiro atoms. The molecule has 0 unspecified atom stereocenters. The minimum Gasteiger partial charge on any atom is -0.444 e. The average Bonchev–Trinajstić information content (AvgIpc) is 2.26. The maximum absolute atomic E-state index is 11.6. The average molecular weight is 251 g/mol. The van der Waals surface area contributed by atoms with Crippen LogP contribution >= 0.6 is 12.4 Å². The number of Topliss-reactive ketones (excluding diaryl/α,β-unsaturated/α-hetero) is 1. The first-order chi connectivity index (χ1) is 6.88. The van der Waals surface area contributed by atoms with E-state index in [1.165, 1.54) is 4.90 Å². The van der Waals surface area contributed by atoms with Crippen molar-refractivity contribution in [2.24, 2.45) is 0 Å². The third kappa shape index (κ3) is 5.32. The number of amides is 1. The van der Waals surface area contributed by atoms with Gasteiger partial charge >= 0.3 is 6.09 Å². The van der Waals surface area contributed by atoms with E-state index in [9.17, 15) is 9.59 Å². The lowest BCUT2D eigenvalue weighted by Gasteiger charge is -2.25. The first kappa shape index (κ1) is 15.2. The molecule has 5 nitrogen and oxygen atoms in total. The minimum absolute atomic E-state index is 0. The molecule has 0 aliphatic carbocycles. The Morgan fingerprint density at radius 1 is 1.44 bits per heavy atom. The van der Waals surface area contributed by atoms with Crippen molar-refractivity contribution in [3.05, 3.63) is 0 Å². The second kappa shape index (κ2) is 6.06. The molecule has 1 saturated heterocycles. The highest BCUT2D eigenvalue weighted by Crippen LogP contribution is 2.10. The lowest BCUT2D eigenvalue weighted by molar-refractivity contribution is -0.118. The van der Waals surface area contributed by atoms with Gasteiger partial charge in [-0.25, -0.2) is 4.79 Å². The normalized spacial score (nSPS) is 17.4. The van der Waals surface area contributed by atoms with Crippen LogP contribution in [0, 0.1) is 0 Å². The van der Waals surface area contributed by atoms with Gasteiger partial charge in [0.05, 0.1) is 13.1 Å². The molecular formula is C10H19ClN2O3. The second-order valence-electron chi connectivity index (χ2n) is 4.62. The standard InChI is InChI=1S/C10H18N2O3.ClH/c1-10(2,3)15-9(14)12-5-4-11-6-8(13)7-12;/h11H,4-7H2,1-3H3;1H. The van der Waals surface area contributed by atoms with E-state index in [0.717, 1.165) is 0 Å². The van der Waals surface area contributed by atoms with Crippen molar-refractivity contribution in [1.29, 1.82) is 0 Å². The zero-order chi connectivity index (χ0) is 11.5. The Morgan fingerprint density at radius 3 is 2.62 bits per heavy atom. The molecule has 1 amide bonds. The molecule has 1 aliphatic heterocycles. The van der Waals surface area contributed by atoms with Gasteiger partial charge in [-0.05, 0) is 20.8 Å². The summed E-state index contributed by atoms with van der Waals surface area (Å²) >= 11 is 0. The van der Waals surface area contributed by atoms with E-state index < -0.39 is 11.7 Å². The molecular weight excluding hydrogens is 232 g/mol. The number of nitrogens with zero attached hydrogens (tertiary/aromatic N) is 1. The summed E-state index contributed by atoms with van der Waals surface area (Å²) in [6.45, 7) is 7.04. The Kier molecular flexibility index (Phi) is 5.75. The highest BCUT2D eigenvalue weighted by atomic mass is 35.5. The van der Waals surface area contributed by atoms with Crippen molar-refractivity contribution in [2.75, 3.05) is 26.2 Å². The molecule has 16 heavy (non-hydrogen) atoms. The number of halogens is 1. The number of carbonyl (C=O) groups excluding carboxylic acids is 2. The van der Waals surface area contributed by atoms with Crippen molar-refractivity contribution >= 4 is 24.3 Å². The van der Waals surface area contributed by atoms with Crippen molar-refractivity contribution in [3.8, 4) is 0 Å². The quantitative estimate of drug-likeness (QED) is 0.692. The summed E-state index contributed by atoms with van der Waals surface area (Å²) in [5, 5.41) is 2.95. The molecule has 0 aromatic heterocycles. The molecule has 0 saturated carbocycles. The van der Waals surface area contributed by atoms with Crippen LogP contribution in [0.25, 0.3) is 0 Å². The molecule has 0 radical (unpaired) electrons. The van der Waals surface area contributed by atoms with Gasteiger partial charge < -0.3 is 10.1 Å². The van der Waals surface area contributed by atoms with Crippen LogP contribution in [0.4, 0.5) is 4.79 Å². The molecule has 1 aliphatic rings. The van der Waals surface area contributed by atoms with Gasteiger partial charge in [0.1, 0.15) is 5.60 Å². The lowest BCUT2D eigenvalue weighted by Crippen LogP contribution is -2.40. The zero-order valence-corrected chi connectivity index (χ0v) is 10.7. The number of ketones is 1. The van der Waals surface area contributed by atoms with Gasteiger partial charge in [-0.2, -0.15) is 0 Å². The van der Waals surface area contributed by atoms with Crippen LogP contribution < -0.4 is 5.32 Å². The van der Waals surface area contributed by atoms with Crippen LogP contribution in [-0.2, 0) is 9.53 Å². The third-order valence-electron chi connectivity index (χ3n) is 1.90. The molecule has 1 fully saturated rings. The predicted octanol–water partition coefficient (Wildman–Crippen LogP) is 0.818. The largest absolute Gasteiger partial charge is 0.444 e. The van der Waals surface area contributed by atoms with E-state index in [1.807, 2.05) is 20.8 Å². The summed E-state index contributed by atoms with van der Waals surface area (Å²) in [7, 11) is 0. The van der Waals surface area contributed by atoms with Crippen molar-refractivity contribution in [2.45, 2.75) is 26.4 Å². The van der Waals surface area contributed by atoms with Crippen LogP contribution in [0.3, 0.4) is 0 Å². The second-order valence-corrected chi connectivity index (χ2v) is 4.62. The Labute approximate surface area is 102 Å². The fourth-order valence-corrected chi connectivity index (χ4v) is 1.27. The van der Waals surface area contributed by atoms with Crippen LogP contribution in [0.1, 0.15) is 20.8 Å². The van der Waals surface area contributed by atoms with Gasteiger partial charge in [0.15, 0.2) is 5.78 Å². The number of carbonyl (C=O) groups is 2. The number of hydrogen-bond donors (Lipinski definition) is 1. The van der Waals surface area contributed by atoms with Gasteiger partial charge in [-0.3, -0.25) is 9.69 Å². The number of rotatable bonds is 0.